The summed E-state index contributed by atoms with van der Waals surface area (Å²) in [6.07, 6.45) is 0.517. The average Bonchev–Trinajstić information content (AvgIpc) is 2.18. The van der Waals surface area contributed by atoms with E-state index in [2.05, 4.69) is 5.32 Å². The quantitative estimate of drug-likeness (QED) is 0.713. The summed E-state index contributed by atoms with van der Waals surface area (Å²) in [6, 6.07) is 7.27. The molecule has 0 aromatic heterocycles. The van der Waals surface area contributed by atoms with Crippen LogP contribution in [0.15, 0.2) is 24.3 Å². The molecule has 0 fully saturated rings. The van der Waals surface area contributed by atoms with Gasteiger partial charge in [0.05, 0.1) is 0 Å². The molecular weight excluding hydrogens is 166 g/mol. The third kappa shape index (κ3) is 2.29. The van der Waals surface area contributed by atoms with Crippen molar-refractivity contribution in [2.24, 2.45) is 0 Å². The number of nitrogens with one attached hydrogen (secondary N) is 1. The molecule has 0 saturated heterocycles. The highest BCUT2D eigenvalue weighted by Gasteiger charge is 2.07. The van der Waals surface area contributed by atoms with Crippen molar-refractivity contribution in [1.82, 2.24) is 5.32 Å². The second-order valence-electron chi connectivity index (χ2n) is 2.71. The lowest BCUT2D eigenvalue weighted by Crippen LogP contribution is -2.19. The predicted octanol–water partition coefficient (Wildman–Crippen LogP) is 0.581. The van der Waals surface area contributed by atoms with Crippen LogP contribution in [0.5, 0.6) is 0 Å². The molecule has 0 spiro atoms. The molecule has 70 valence electrons. The second kappa shape index (κ2) is 4.62. The number of carbonyl (C=O) groups excluding carboxylic acids is 1. The fraction of sp³-hybridized carbons (Fsp3) is 0.300. The highest BCUT2D eigenvalue weighted by atomic mass is 16.3. The van der Waals surface area contributed by atoms with Gasteiger partial charge in [0.2, 0.25) is 0 Å². The second-order valence-corrected chi connectivity index (χ2v) is 2.71. The van der Waals surface area contributed by atoms with E-state index in [1.165, 1.54) is 0 Å². The minimum atomic E-state index is -0.107. The topological polar surface area (TPSA) is 49.3 Å². The Morgan fingerprint density at radius 1 is 1.46 bits per heavy atom. The van der Waals surface area contributed by atoms with Crippen molar-refractivity contribution >= 4 is 5.91 Å². The summed E-state index contributed by atoms with van der Waals surface area (Å²) in [4.78, 5) is 11.3. The van der Waals surface area contributed by atoms with Crippen molar-refractivity contribution in [2.75, 3.05) is 13.7 Å². The number of aliphatic hydroxyl groups excluding tert-OH is 1. The number of aliphatic hydroxyl groups is 1. The Labute approximate surface area is 77.4 Å². The molecule has 0 aliphatic heterocycles. The molecule has 0 saturated carbocycles. The van der Waals surface area contributed by atoms with Crippen molar-refractivity contribution in [3.05, 3.63) is 35.4 Å². The molecule has 1 rings (SSSR count). The van der Waals surface area contributed by atoms with Crippen LogP contribution >= 0.6 is 0 Å². The van der Waals surface area contributed by atoms with Crippen molar-refractivity contribution in [1.29, 1.82) is 0 Å². The Balaban J connectivity index is 2.97. The predicted molar refractivity (Wildman–Crippen MR) is 50.6 cm³/mol. The lowest BCUT2D eigenvalue weighted by molar-refractivity contribution is 0.0962. The minimum absolute atomic E-state index is 0.0635. The lowest BCUT2D eigenvalue weighted by Gasteiger charge is -2.05. The monoisotopic (exact) mass is 179 g/mol. The molecule has 0 unspecified atom stereocenters. The zero-order valence-corrected chi connectivity index (χ0v) is 7.58. The number of hydrogen-bond acceptors (Lipinski definition) is 2. The maximum Gasteiger partial charge on any atom is 0.251 e. The molecule has 2 N–H and O–H groups in total. The molecule has 0 aliphatic rings. The van der Waals surface area contributed by atoms with Crippen LogP contribution in [0.3, 0.4) is 0 Å². The van der Waals surface area contributed by atoms with Gasteiger partial charge in [0.1, 0.15) is 0 Å². The first-order valence-corrected chi connectivity index (χ1v) is 4.20. The molecule has 0 radical (unpaired) electrons. The highest BCUT2D eigenvalue weighted by Crippen LogP contribution is 2.08. The SMILES string of the molecule is CNC(=O)c1ccccc1CCO. The maximum atomic E-state index is 11.3. The van der Waals surface area contributed by atoms with Crippen LogP contribution in [0.4, 0.5) is 0 Å². The van der Waals surface area contributed by atoms with Gasteiger partial charge in [0, 0.05) is 19.2 Å². The molecule has 1 aromatic carbocycles. The summed E-state index contributed by atoms with van der Waals surface area (Å²) >= 11 is 0. The molecule has 3 heteroatoms. The zero-order chi connectivity index (χ0) is 9.68. The smallest absolute Gasteiger partial charge is 0.251 e. The van der Waals surface area contributed by atoms with Gasteiger partial charge in [-0.15, -0.1) is 0 Å². The first-order chi connectivity index (χ1) is 6.29. The van der Waals surface area contributed by atoms with Gasteiger partial charge in [-0.25, -0.2) is 0 Å². The van der Waals surface area contributed by atoms with Gasteiger partial charge >= 0.3 is 0 Å². The lowest BCUT2D eigenvalue weighted by atomic mass is 10.0. The first-order valence-electron chi connectivity index (χ1n) is 4.20. The van der Waals surface area contributed by atoms with Crippen LogP contribution in [0.2, 0.25) is 0 Å². The molecule has 1 amide bonds. The molecule has 3 nitrogen and oxygen atoms in total. The number of carbonyl (C=O) groups is 1. The van der Waals surface area contributed by atoms with Crippen LogP contribution in [0.25, 0.3) is 0 Å². The standard InChI is InChI=1S/C10H13NO2/c1-11-10(13)9-5-3-2-4-8(9)6-7-12/h2-5,12H,6-7H2,1H3,(H,11,13). The van der Waals surface area contributed by atoms with Crippen LogP contribution in [-0.2, 0) is 6.42 Å². The number of rotatable bonds is 3. The van der Waals surface area contributed by atoms with E-state index in [0.29, 0.717) is 12.0 Å². The van der Waals surface area contributed by atoms with E-state index >= 15 is 0 Å². The Bertz CT molecular complexity index is 297. The van der Waals surface area contributed by atoms with Gasteiger partial charge < -0.3 is 10.4 Å². The molecule has 0 bridgehead atoms. The van der Waals surface area contributed by atoms with Gasteiger partial charge in [0.25, 0.3) is 5.91 Å². The number of benzene rings is 1. The first kappa shape index (κ1) is 9.74. The third-order valence-corrected chi connectivity index (χ3v) is 1.87. The summed E-state index contributed by atoms with van der Waals surface area (Å²) in [5.74, 6) is -0.107. The molecular formula is C10H13NO2. The van der Waals surface area contributed by atoms with Crippen LogP contribution in [0, 0.1) is 0 Å². The normalized spacial score (nSPS) is 9.69. The Hall–Kier alpha value is -1.35. The van der Waals surface area contributed by atoms with Crippen LogP contribution in [0.1, 0.15) is 15.9 Å². The van der Waals surface area contributed by atoms with Crippen molar-refractivity contribution in [3.8, 4) is 0 Å². The van der Waals surface area contributed by atoms with Gasteiger partial charge in [0.15, 0.2) is 0 Å². The van der Waals surface area contributed by atoms with E-state index in [-0.39, 0.29) is 12.5 Å². The van der Waals surface area contributed by atoms with Crippen molar-refractivity contribution in [2.45, 2.75) is 6.42 Å². The largest absolute Gasteiger partial charge is 0.396 e. The molecule has 0 heterocycles. The van der Waals surface area contributed by atoms with Crippen molar-refractivity contribution < 1.29 is 9.90 Å². The van der Waals surface area contributed by atoms with E-state index in [1.54, 1.807) is 13.1 Å². The van der Waals surface area contributed by atoms with E-state index in [9.17, 15) is 4.79 Å². The highest BCUT2D eigenvalue weighted by molar-refractivity contribution is 5.95. The van der Waals surface area contributed by atoms with E-state index in [0.717, 1.165) is 5.56 Å². The van der Waals surface area contributed by atoms with Gasteiger partial charge in [-0.2, -0.15) is 0 Å². The summed E-state index contributed by atoms with van der Waals surface area (Å²) in [6.45, 7) is 0.0635. The fourth-order valence-corrected chi connectivity index (χ4v) is 1.21. The fourth-order valence-electron chi connectivity index (χ4n) is 1.21. The Morgan fingerprint density at radius 3 is 2.77 bits per heavy atom. The van der Waals surface area contributed by atoms with Gasteiger partial charge in [-0.1, -0.05) is 18.2 Å². The van der Waals surface area contributed by atoms with Gasteiger partial charge in [-0.05, 0) is 18.1 Å². The Kier molecular flexibility index (Phi) is 3.46. The van der Waals surface area contributed by atoms with Crippen molar-refractivity contribution in [3.63, 3.8) is 0 Å². The van der Waals surface area contributed by atoms with Crippen LogP contribution in [-0.4, -0.2) is 24.7 Å². The zero-order valence-electron chi connectivity index (χ0n) is 7.58. The average molecular weight is 179 g/mol. The third-order valence-electron chi connectivity index (χ3n) is 1.87. The Morgan fingerprint density at radius 2 is 2.15 bits per heavy atom. The van der Waals surface area contributed by atoms with E-state index in [1.807, 2.05) is 18.2 Å². The molecule has 0 atom stereocenters. The summed E-state index contributed by atoms with van der Waals surface area (Å²) in [7, 11) is 1.60. The molecule has 1 aromatic rings. The van der Waals surface area contributed by atoms with E-state index < -0.39 is 0 Å². The molecule has 13 heavy (non-hydrogen) atoms. The maximum absolute atomic E-state index is 11.3. The molecule has 0 aliphatic carbocycles. The summed E-state index contributed by atoms with van der Waals surface area (Å²) < 4.78 is 0. The minimum Gasteiger partial charge on any atom is -0.396 e. The summed E-state index contributed by atoms with van der Waals surface area (Å²) in [5, 5.41) is 11.3. The summed E-state index contributed by atoms with van der Waals surface area (Å²) in [5.41, 5.74) is 1.52. The number of hydrogen-bond donors (Lipinski definition) is 2. The number of amides is 1. The van der Waals surface area contributed by atoms with Crippen LogP contribution < -0.4 is 5.32 Å². The van der Waals surface area contributed by atoms with E-state index in [4.69, 9.17) is 5.11 Å². The van der Waals surface area contributed by atoms with Gasteiger partial charge in [-0.3, -0.25) is 4.79 Å².